The van der Waals surface area contributed by atoms with Gasteiger partial charge in [-0.3, -0.25) is 0 Å². The molecule has 0 atom stereocenters. The molecule has 0 aliphatic heterocycles. The van der Waals surface area contributed by atoms with E-state index in [1.807, 2.05) is 0 Å². The molecule has 0 unspecified atom stereocenters. The number of hydrogen-bond donors (Lipinski definition) is 1. The molecule has 0 heterocycles. The van der Waals surface area contributed by atoms with Crippen LogP contribution in [0.15, 0.2) is 23.8 Å². The fourth-order valence-electron chi connectivity index (χ4n) is 1.94. The van der Waals surface area contributed by atoms with Gasteiger partial charge in [-0.1, -0.05) is 6.07 Å². The highest BCUT2D eigenvalue weighted by molar-refractivity contribution is 5.97. The van der Waals surface area contributed by atoms with Crippen molar-refractivity contribution in [2.45, 2.75) is 19.8 Å². The van der Waals surface area contributed by atoms with Gasteiger partial charge in [-0.05, 0) is 37.5 Å². The van der Waals surface area contributed by atoms with Crippen molar-refractivity contribution in [2.24, 2.45) is 0 Å². The summed E-state index contributed by atoms with van der Waals surface area (Å²) in [6, 6.07) is 4.22. The average Bonchev–Trinajstić information content (AvgIpc) is 2.30. The molecule has 1 N–H and O–H groups in total. The van der Waals surface area contributed by atoms with Crippen LogP contribution in [0.1, 0.15) is 24.5 Å². The van der Waals surface area contributed by atoms with Gasteiger partial charge in [0.15, 0.2) is 0 Å². The van der Waals surface area contributed by atoms with Crippen molar-refractivity contribution >= 4 is 11.7 Å². The fourth-order valence-corrected chi connectivity index (χ4v) is 1.94. The highest BCUT2D eigenvalue weighted by Crippen LogP contribution is 2.30. The lowest BCUT2D eigenvalue weighted by Gasteiger charge is -2.18. The molecule has 0 fully saturated rings. The third-order valence-corrected chi connectivity index (χ3v) is 2.78. The zero-order valence-corrected chi connectivity index (χ0v) is 9.50. The number of rotatable bonds is 2. The number of carbonyl (C=O) groups is 1. The number of carbonyl (C=O) groups excluding carboxylic acids is 1. The molecule has 2 rings (SSSR count). The molecule has 3 nitrogen and oxygen atoms in total. The Hall–Kier alpha value is -1.84. The second-order valence-electron chi connectivity index (χ2n) is 3.85. The predicted molar refractivity (Wildman–Crippen MR) is 60.9 cm³/mol. The number of fused-ring (bicyclic) bond motifs is 1. The van der Waals surface area contributed by atoms with Crippen molar-refractivity contribution < 1.29 is 19.0 Å². The first kappa shape index (κ1) is 11.6. The van der Waals surface area contributed by atoms with Crippen molar-refractivity contribution in [2.75, 3.05) is 6.61 Å². The zero-order chi connectivity index (χ0) is 12.4. The molecule has 0 saturated carbocycles. The average molecular weight is 236 g/mol. The Morgan fingerprint density at radius 3 is 2.94 bits per heavy atom. The number of benzene rings is 1. The van der Waals surface area contributed by atoms with E-state index in [4.69, 9.17) is 4.74 Å². The smallest absolute Gasteiger partial charge is 0.337 e. The van der Waals surface area contributed by atoms with E-state index in [0.29, 0.717) is 18.4 Å². The second kappa shape index (κ2) is 4.57. The van der Waals surface area contributed by atoms with E-state index in [2.05, 4.69) is 0 Å². The molecule has 0 saturated heterocycles. The van der Waals surface area contributed by atoms with Crippen LogP contribution in [0.2, 0.25) is 0 Å². The summed E-state index contributed by atoms with van der Waals surface area (Å²) in [7, 11) is 0. The van der Waals surface area contributed by atoms with E-state index in [1.165, 1.54) is 12.1 Å². The molecule has 1 aliphatic carbocycles. The quantitative estimate of drug-likeness (QED) is 0.803. The van der Waals surface area contributed by atoms with Crippen molar-refractivity contribution in [1.29, 1.82) is 0 Å². The minimum absolute atomic E-state index is 0.163. The largest absolute Gasteiger partial charge is 0.507 e. The van der Waals surface area contributed by atoms with Crippen molar-refractivity contribution in [1.82, 2.24) is 0 Å². The summed E-state index contributed by atoms with van der Waals surface area (Å²) in [6.45, 7) is 1.96. The van der Waals surface area contributed by atoms with Crippen LogP contribution < -0.4 is 0 Å². The van der Waals surface area contributed by atoms with Gasteiger partial charge in [0.25, 0.3) is 0 Å². The lowest BCUT2D eigenvalue weighted by molar-refractivity contribution is -0.138. The van der Waals surface area contributed by atoms with E-state index in [0.717, 1.165) is 5.56 Å². The first-order valence-corrected chi connectivity index (χ1v) is 5.51. The molecule has 0 bridgehead atoms. The maximum Gasteiger partial charge on any atom is 0.337 e. The number of aliphatic hydroxyl groups is 1. The molecule has 0 spiro atoms. The first-order chi connectivity index (χ1) is 8.13. The Morgan fingerprint density at radius 2 is 2.24 bits per heavy atom. The summed E-state index contributed by atoms with van der Waals surface area (Å²) < 4.78 is 17.9. The van der Waals surface area contributed by atoms with Crippen LogP contribution in [0.25, 0.3) is 5.76 Å². The van der Waals surface area contributed by atoms with Crippen molar-refractivity contribution in [3.05, 3.63) is 40.7 Å². The number of esters is 1. The molecule has 1 aromatic rings. The maximum atomic E-state index is 13.1. The van der Waals surface area contributed by atoms with Gasteiger partial charge in [-0.2, -0.15) is 0 Å². The van der Waals surface area contributed by atoms with Crippen LogP contribution in [-0.4, -0.2) is 17.7 Å². The standard InChI is InChI=1S/C13H13FO3/c1-2-17-13(16)10-6-4-8-3-5-9(14)7-11(8)12(10)15/h3,5,7,15H,2,4,6H2,1H3. The molecular weight excluding hydrogens is 223 g/mol. The summed E-state index contributed by atoms with van der Waals surface area (Å²) in [4.78, 5) is 11.6. The van der Waals surface area contributed by atoms with Crippen LogP contribution in [-0.2, 0) is 16.0 Å². The minimum Gasteiger partial charge on any atom is -0.507 e. The Bertz CT molecular complexity index is 491. The summed E-state index contributed by atoms with van der Waals surface area (Å²) in [6.07, 6.45) is 1.02. The number of aryl methyl sites for hydroxylation is 1. The van der Waals surface area contributed by atoms with Crippen molar-refractivity contribution in [3.63, 3.8) is 0 Å². The SMILES string of the molecule is CCOC(=O)C1=C(O)c2cc(F)ccc2CC1. The van der Waals surface area contributed by atoms with E-state index < -0.39 is 11.8 Å². The molecular formula is C13H13FO3. The maximum absolute atomic E-state index is 13.1. The molecule has 1 aliphatic rings. The fraction of sp³-hybridized carbons (Fsp3) is 0.308. The third kappa shape index (κ3) is 2.16. The Morgan fingerprint density at radius 1 is 1.47 bits per heavy atom. The lowest BCUT2D eigenvalue weighted by Crippen LogP contribution is -2.15. The van der Waals surface area contributed by atoms with Gasteiger partial charge >= 0.3 is 5.97 Å². The van der Waals surface area contributed by atoms with Gasteiger partial charge in [0.1, 0.15) is 11.6 Å². The molecule has 0 radical (unpaired) electrons. The van der Waals surface area contributed by atoms with Gasteiger partial charge in [0.2, 0.25) is 0 Å². The predicted octanol–water partition coefficient (Wildman–Crippen LogP) is 2.60. The number of halogens is 1. The topological polar surface area (TPSA) is 46.5 Å². The van der Waals surface area contributed by atoms with Crippen LogP contribution in [0.4, 0.5) is 4.39 Å². The van der Waals surface area contributed by atoms with Gasteiger partial charge in [-0.25, -0.2) is 9.18 Å². The number of ether oxygens (including phenoxy) is 1. The van der Waals surface area contributed by atoms with Gasteiger partial charge in [0, 0.05) is 5.56 Å². The van der Waals surface area contributed by atoms with Crippen LogP contribution >= 0.6 is 0 Å². The van der Waals surface area contributed by atoms with Crippen molar-refractivity contribution in [3.8, 4) is 0 Å². The Balaban J connectivity index is 2.43. The summed E-state index contributed by atoms with van der Waals surface area (Å²) in [5.74, 6) is -1.12. The van der Waals surface area contributed by atoms with Crippen LogP contribution in [0, 0.1) is 5.82 Å². The molecule has 90 valence electrons. The van der Waals surface area contributed by atoms with E-state index in [9.17, 15) is 14.3 Å². The van der Waals surface area contributed by atoms with Gasteiger partial charge < -0.3 is 9.84 Å². The second-order valence-corrected chi connectivity index (χ2v) is 3.85. The summed E-state index contributed by atoms with van der Waals surface area (Å²) >= 11 is 0. The first-order valence-electron chi connectivity index (χ1n) is 5.51. The lowest BCUT2D eigenvalue weighted by atomic mass is 9.90. The summed E-state index contributed by atoms with van der Waals surface area (Å²) in [5.41, 5.74) is 1.46. The molecule has 4 heteroatoms. The number of aliphatic hydroxyl groups excluding tert-OH is 1. The Kier molecular flexibility index (Phi) is 3.13. The van der Waals surface area contributed by atoms with Crippen LogP contribution in [0.3, 0.4) is 0 Å². The molecule has 1 aromatic carbocycles. The highest BCUT2D eigenvalue weighted by atomic mass is 19.1. The minimum atomic E-state index is -0.528. The molecule has 0 amide bonds. The van der Waals surface area contributed by atoms with E-state index in [-0.39, 0.29) is 17.9 Å². The van der Waals surface area contributed by atoms with Gasteiger partial charge in [-0.15, -0.1) is 0 Å². The number of hydrogen-bond acceptors (Lipinski definition) is 3. The summed E-state index contributed by atoms with van der Waals surface area (Å²) in [5, 5.41) is 9.95. The molecule has 17 heavy (non-hydrogen) atoms. The molecule has 0 aromatic heterocycles. The van der Waals surface area contributed by atoms with E-state index in [1.54, 1.807) is 13.0 Å². The Labute approximate surface area is 98.5 Å². The van der Waals surface area contributed by atoms with E-state index >= 15 is 0 Å². The third-order valence-electron chi connectivity index (χ3n) is 2.78. The monoisotopic (exact) mass is 236 g/mol. The highest BCUT2D eigenvalue weighted by Gasteiger charge is 2.24. The van der Waals surface area contributed by atoms with Gasteiger partial charge in [0.05, 0.1) is 12.2 Å². The van der Waals surface area contributed by atoms with Crippen LogP contribution in [0.5, 0.6) is 0 Å². The zero-order valence-electron chi connectivity index (χ0n) is 9.50. The normalized spacial score (nSPS) is 14.5.